The molecule has 1 saturated carbocycles. The molecular weight excluding hydrogens is 292 g/mol. The zero-order valence-electron chi connectivity index (χ0n) is 10.5. The minimum absolute atomic E-state index is 0.0143. The number of carbonyl (C=O) groups excluding carboxylic acids is 1. The number of hydrogen-bond donors (Lipinski definition) is 2. The Morgan fingerprint density at radius 3 is 2.89 bits per heavy atom. The lowest BCUT2D eigenvalue weighted by atomic mass is 10.0. The SMILES string of the molecule is C[C@H](NC(=O)C1CCCC1N)c1cccc(Br)c1. The first-order valence-electron chi connectivity index (χ1n) is 6.39. The van der Waals surface area contributed by atoms with E-state index in [0.29, 0.717) is 0 Å². The van der Waals surface area contributed by atoms with Crippen LogP contribution in [0, 0.1) is 5.92 Å². The predicted molar refractivity (Wildman–Crippen MR) is 76.0 cm³/mol. The van der Waals surface area contributed by atoms with Gasteiger partial charge in [0.15, 0.2) is 0 Å². The molecule has 98 valence electrons. The summed E-state index contributed by atoms with van der Waals surface area (Å²) in [6.07, 6.45) is 2.94. The van der Waals surface area contributed by atoms with Gasteiger partial charge >= 0.3 is 0 Å². The largest absolute Gasteiger partial charge is 0.349 e. The van der Waals surface area contributed by atoms with Crippen molar-refractivity contribution >= 4 is 21.8 Å². The Balaban J connectivity index is 1.98. The number of nitrogens with one attached hydrogen (secondary N) is 1. The molecule has 1 aromatic carbocycles. The lowest BCUT2D eigenvalue weighted by Crippen LogP contribution is -2.39. The molecule has 3 atom stereocenters. The molecule has 1 aliphatic carbocycles. The summed E-state index contributed by atoms with van der Waals surface area (Å²) in [6.45, 7) is 2.00. The molecule has 1 fully saturated rings. The number of hydrogen-bond acceptors (Lipinski definition) is 2. The fourth-order valence-electron chi connectivity index (χ4n) is 2.49. The van der Waals surface area contributed by atoms with Crippen LogP contribution in [0.2, 0.25) is 0 Å². The summed E-state index contributed by atoms with van der Waals surface area (Å²) < 4.78 is 1.03. The van der Waals surface area contributed by atoms with Crippen molar-refractivity contribution in [1.29, 1.82) is 0 Å². The van der Waals surface area contributed by atoms with E-state index >= 15 is 0 Å². The van der Waals surface area contributed by atoms with Crippen molar-refractivity contribution in [3.05, 3.63) is 34.3 Å². The highest BCUT2D eigenvalue weighted by Gasteiger charge is 2.30. The molecule has 1 amide bonds. The number of benzene rings is 1. The highest BCUT2D eigenvalue weighted by atomic mass is 79.9. The molecule has 0 aliphatic heterocycles. The van der Waals surface area contributed by atoms with E-state index in [4.69, 9.17) is 5.73 Å². The topological polar surface area (TPSA) is 55.1 Å². The van der Waals surface area contributed by atoms with Crippen molar-refractivity contribution in [3.63, 3.8) is 0 Å². The van der Waals surface area contributed by atoms with Gasteiger partial charge in [0.1, 0.15) is 0 Å². The normalized spacial score (nSPS) is 24.8. The molecule has 3 N–H and O–H groups in total. The summed E-state index contributed by atoms with van der Waals surface area (Å²) in [5.41, 5.74) is 7.05. The summed E-state index contributed by atoms with van der Waals surface area (Å²) >= 11 is 3.44. The van der Waals surface area contributed by atoms with Crippen LogP contribution in [0.5, 0.6) is 0 Å². The Labute approximate surface area is 116 Å². The number of amides is 1. The van der Waals surface area contributed by atoms with Gasteiger partial charge < -0.3 is 11.1 Å². The van der Waals surface area contributed by atoms with E-state index in [1.165, 1.54) is 0 Å². The van der Waals surface area contributed by atoms with Gasteiger partial charge in [-0.05, 0) is 37.5 Å². The minimum atomic E-state index is -0.0143. The summed E-state index contributed by atoms with van der Waals surface area (Å²) in [5, 5.41) is 3.06. The highest BCUT2D eigenvalue weighted by molar-refractivity contribution is 9.10. The van der Waals surface area contributed by atoms with Crippen LogP contribution in [0.1, 0.15) is 37.8 Å². The molecule has 0 radical (unpaired) electrons. The predicted octanol–water partition coefficient (Wildman–Crippen LogP) is 2.75. The zero-order valence-corrected chi connectivity index (χ0v) is 12.1. The van der Waals surface area contributed by atoms with E-state index in [1.54, 1.807) is 0 Å². The average Bonchev–Trinajstić information content (AvgIpc) is 2.75. The van der Waals surface area contributed by atoms with Crippen LogP contribution in [0.4, 0.5) is 0 Å². The van der Waals surface area contributed by atoms with Crippen molar-refractivity contribution in [2.24, 2.45) is 11.7 Å². The Morgan fingerprint density at radius 1 is 1.50 bits per heavy atom. The van der Waals surface area contributed by atoms with E-state index in [9.17, 15) is 4.79 Å². The third kappa shape index (κ3) is 3.12. The van der Waals surface area contributed by atoms with Gasteiger partial charge in [0.05, 0.1) is 12.0 Å². The summed E-state index contributed by atoms with van der Waals surface area (Å²) in [5.74, 6) is 0.0760. The number of carbonyl (C=O) groups is 1. The van der Waals surface area contributed by atoms with Crippen molar-refractivity contribution in [2.45, 2.75) is 38.3 Å². The van der Waals surface area contributed by atoms with E-state index < -0.39 is 0 Å². The lowest BCUT2D eigenvalue weighted by molar-refractivity contribution is -0.125. The van der Waals surface area contributed by atoms with Crippen LogP contribution in [-0.4, -0.2) is 11.9 Å². The Kier molecular flexibility index (Phi) is 4.40. The molecule has 0 aromatic heterocycles. The van der Waals surface area contributed by atoms with Gasteiger partial charge in [-0.15, -0.1) is 0 Å². The molecule has 3 nitrogen and oxygen atoms in total. The smallest absolute Gasteiger partial charge is 0.225 e. The maximum atomic E-state index is 12.1. The molecule has 0 spiro atoms. The standard InChI is InChI=1S/C14H19BrN2O/c1-9(10-4-2-5-11(15)8-10)17-14(18)12-6-3-7-13(12)16/h2,4-5,8-9,12-13H,3,6-7,16H2,1H3,(H,17,18)/t9-,12?,13?/m0/s1. The molecule has 18 heavy (non-hydrogen) atoms. The maximum Gasteiger partial charge on any atom is 0.225 e. The summed E-state index contributed by atoms with van der Waals surface area (Å²) in [7, 11) is 0. The fourth-order valence-corrected chi connectivity index (χ4v) is 2.91. The van der Waals surface area contributed by atoms with Gasteiger partial charge in [-0.25, -0.2) is 0 Å². The molecule has 4 heteroatoms. The van der Waals surface area contributed by atoms with Crippen LogP contribution < -0.4 is 11.1 Å². The van der Waals surface area contributed by atoms with Gasteiger partial charge in [-0.1, -0.05) is 34.5 Å². The second kappa shape index (κ2) is 5.85. The van der Waals surface area contributed by atoms with Crippen molar-refractivity contribution in [2.75, 3.05) is 0 Å². The van der Waals surface area contributed by atoms with Crippen LogP contribution in [0.3, 0.4) is 0 Å². The van der Waals surface area contributed by atoms with Gasteiger partial charge in [-0.2, -0.15) is 0 Å². The minimum Gasteiger partial charge on any atom is -0.349 e. The van der Waals surface area contributed by atoms with Crippen molar-refractivity contribution in [3.8, 4) is 0 Å². The van der Waals surface area contributed by atoms with Gasteiger partial charge in [0, 0.05) is 10.5 Å². The van der Waals surface area contributed by atoms with Gasteiger partial charge in [0.25, 0.3) is 0 Å². The lowest BCUT2D eigenvalue weighted by Gasteiger charge is -2.20. The van der Waals surface area contributed by atoms with Gasteiger partial charge in [-0.3, -0.25) is 4.79 Å². The molecule has 1 aliphatic rings. The number of halogens is 1. The molecule has 2 rings (SSSR count). The molecule has 1 aromatic rings. The second-order valence-corrected chi connectivity index (χ2v) is 5.90. The molecular formula is C14H19BrN2O. The third-order valence-electron chi connectivity index (χ3n) is 3.61. The first-order chi connectivity index (χ1) is 8.58. The first kappa shape index (κ1) is 13.6. The number of rotatable bonds is 3. The van der Waals surface area contributed by atoms with Crippen LogP contribution >= 0.6 is 15.9 Å². The van der Waals surface area contributed by atoms with Crippen molar-refractivity contribution in [1.82, 2.24) is 5.32 Å². The molecule has 0 heterocycles. The third-order valence-corrected chi connectivity index (χ3v) is 4.11. The fraction of sp³-hybridized carbons (Fsp3) is 0.500. The number of nitrogens with two attached hydrogens (primary N) is 1. The van der Waals surface area contributed by atoms with E-state index in [1.807, 2.05) is 31.2 Å². The first-order valence-corrected chi connectivity index (χ1v) is 7.18. The Morgan fingerprint density at radius 2 is 2.28 bits per heavy atom. The van der Waals surface area contributed by atoms with Crippen LogP contribution in [-0.2, 0) is 4.79 Å². The maximum absolute atomic E-state index is 12.1. The van der Waals surface area contributed by atoms with E-state index in [2.05, 4.69) is 21.2 Å². The molecule has 0 bridgehead atoms. The molecule has 0 saturated heterocycles. The monoisotopic (exact) mass is 310 g/mol. The van der Waals surface area contributed by atoms with E-state index in [-0.39, 0.29) is 23.9 Å². The van der Waals surface area contributed by atoms with E-state index in [0.717, 1.165) is 29.3 Å². The summed E-state index contributed by atoms with van der Waals surface area (Å²) in [4.78, 5) is 12.1. The highest BCUT2D eigenvalue weighted by Crippen LogP contribution is 2.25. The Hall–Kier alpha value is -0.870. The summed E-state index contributed by atoms with van der Waals surface area (Å²) in [6, 6.07) is 8.04. The van der Waals surface area contributed by atoms with Crippen molar-refractivity contribution < 1.29 is 4.79 Å². The zero-order chi connectivity index (χ0) is 13.1. The second-order valence-electron chi connectivity index (χ2n) is 4.99. The van der Waals surface area contributed by atoms with Crippen LogP contribution in [0.15, 0.2) is 28.7 Å². The van der Waals surface area contributed by atoms with Crippen LogP contribution in [0.25, 0.3) is 0 Å². The molecule has 2 unspecified atom stereocenters. The Bertz CT molecular complexity index is 436. The average molecular weight is 311 g/mol. The van der Waals surface area contributed by atoms with Gasteiger partial charge in [0.2, 0.25) is 5.91 Å². The quantitative estimate of drug-likeness (QED) is 0.902.